The molecule has 0 saturated heterocycles. The summed E-state index contributed by atoms with van der Waals surface area (Å²) in [7, 11) is 2.11. The predicted molar refractivity (Wildman–Crippen MR) is 78.5 cm³/mol. The van der Waals surface area contributed by atoms with Gasteiger partial charge in [0.1, 0.15) is 5.82 Å². The number of aryl methyl sites for hydroxylation is 1. The molecule has 0 unspecified atom stereocenters. The van der Waals surface area contributed by atoms with Crippen molar-refractivity contribution in [3.63, 3.8) is 0 Å². The Hall–Kier alpha value is -1.57. The Morgan fingerprint density at radius 3 is 2.67 bits per heavy atom. The van der Waals surface area contributed by atoms with E-state index >= 15 is 0 Å². The second-order valence-corrected chi connectivity index (χ2v) is 4.75. The van der Waals surface area contributed by atoms with E-state index in [2.05, 4.69) is 49.7 Å². The highest BCUT2D eigenvalue weighted by molar-refractivity contribution is 5.79. The molecule has 1 aromatic carbocycles. The Labute approximate surface area is 109 Å². The third-order valence-electron chi connectivity index (χ3n) is 3.27. The number of unbranched alkanes of at least 4 members (excludes halogenated alkanes) is 1. The van der Waals surface area contributed by atoms with Crippen molar-refractivity contribution >= 4 is 16.6 Å². The Kier molecular flexibility index (Phi) is 4.19. The summed E-state index contributed by atoms with van der Waals surface area (Å²) in [6.07, 6.45) is 6.95. The summed E-state index contributed by atoms with van der Waals surface area (Å²) >= 11 is 0. The van der Waals surface area contributed by atoms with Gasteiger partial charge in [0.2, 0.25) is 0 Å². The number of para-hydroxylation sites is 2. The van der Waals surface area contributed by atoms with Gasteiger partial charge in [-0.15, -0.1) is 0 Å². The zero-order chi connectivity index (χ0) is 13.0. The average molecular weight is 242 g/mol. The standard InChI is InChI=1S/C16H22N2/c1-4-6-10-13(9-5-2)16-17-14-11-7-8-12-15(14)18(16)3/h7-8,10-12H,4-6,9H2,1-3H3/b13-10+. The number of hydrogen-bond acceptors (Lipinski definition) is 1. The summed E-state index contributed by atoms with van der Waals surface area (Å²) in [5.41, 5.74) is 3.69. The Morgan fingerprint density at radius 2 is 2.00 bits per heavy atom. The topological polar surface area (TPSA) is 17.8 Å². The number of benzene rings is 1. The van der Waals surface area contributed by atoms with Gasteiger partial charge in [0, 0.05) is 7.05 Å². The lowest BCUT2D eigenvalue weighted by Gasteiger charge is -2.06. The summed E-state index contributed by atoms with van der Waals surface area (Å²) in [6, 6.07) is 8.34. The van der Waals surface area contributed by atoms with Crippen molar-refractivity contribution in [2.45, 2.75) is 39.5 Å². The summed E-state index contributed by atoms with van der Waals surface area (Å²) in [4.78, 5) is 4.78. The molecular weight excluding hydrogens is 220 g/mol. The highest BCUT2D eigenvalue weighted by Gasteiger charge is 2.10. The third kappa shape index (κ3) is 2.47. The molecule has 0 atom stereocenters. The average Bonchev–Trinajstić information content (AvgIpc) is 2.73. The van der Waals surface area contributed by atoms with Crippen molar-refractivity contribution in [1.82, 2.24) is 9.55 Å². The summed E-state index contributed by atoms with van der Waals surface area (Å²) < 4.78 is 2.21. The van der Waals surface area contributed by atoms with E-state index < -0.39 is 0 Å². The number of rotatable bonds is 5. The van der Waals surface area contributed by atoms with Crippen LogP contribution in [0.25, 0.3) is 16.6 Å². The van der Waals surface area contributed by atoms with E-state index in [1.54, 1.807) is 0 Å². The molecule has 0 spiro atoms. The fourth-order valence-electron chi connectivity index (χ4n) is 2.33. The molecule has 1 aromatic heterocycles. The normalized spacial score (nSPS) is 12.3. The maximum absolute atomic E-state index is 4.78. The fraction of sp³-hybridized carbons (Fsp3) is 0.438. The van der Waals surface area contributed by atoms with Gasteiger partial charge >= 0.3 is 0 Å². The molecule has 2 rings (SSSR count). The van der Waals surface area contributed by atoms with E-state index in [0.29, 0.717) is 0 Å². The maximum atomic E-state index is 4.78. The first kappa shape index (κ1) is 12.9. The molecule has 0 aliphatic carbocycles. The molecule has 0 N–H and O–H groups in total. The van der Waals surface area contributed by atoms with Crippen LogP contribution in [0.15, 0.2) is 30.3 Å². The number of allylic oxidation sites excluding steroid dienone is 2. The van der Waals surface area contributed by atoms with E-state index in [-0.39, 0.29) is 0 Å². The zero-order valence-electron chi connectivity index (χ0n) is 11.6. The van der Waals surface area contributed by atoms with Gasteiger partial charge in [0.15, 0.2) is 0 Å². The van der Waals surface area contributed by atoms with Crippen LogP contribution < -0.4 is 0 Å². The van der Waals surface area contributed by atoms with E-state index in [1.807, 2.05) is 6.07 Å². The molecule has 18 heavy (non-hydrogen) atoms. The van der Waals surface area contributed by atoms with Crippen LogP contribution >= 0.6 is 0 Å². The zero-order valence-corrected chi connectivity index (χ0v) is 11.6. The Balaban J connectivity index is 2.47. The van der Waals surface area contributed by atoms with Gasteiger partial charge < -0.3 is 4.57 Å². The van der Waals surface area contributed by atoms with E-state index in [1.165, 1.54) is 23.9 Å². The second-order valence-electron chi connectivity index (χ2n) is 4.75. The monoisotopic (exact) mass is 242 g/mol. The molecule has 0 radical (unpaired) electrons. The Morgan fingerprint density at radius 1 is 1.22 bits per heavy atom. The van der Waals surface area contributed by atoms with Gasteiger partial charge in [0.25, 0.3) is 0 Å². The first-order chi connectivity index (χ1) is 8.77. The molecule has 0 bridgehead atoms. The molecular formula is C16H22N2. The van der Waals surface area contributed by atoms with E-state index in [0.717, 1.165) is 24.2 Å². The molecule has 0 aliphatic rings. The second kappa shape index (κ2) is 5.85. The largest absolute Gasteiger partial charge is 0.327 e. The summed E-state index contributed by atoms with van der Waals surface area (Å²) in [5.74, 6) is 1.13. The van der Waals surface area contributed by atoms with Crippen LogP contribution in [-0.4, -0.2) is 9.55 Å². The lowest BCUT2D eigenvalue weighted by atomic mass is 10.1. The number of fused-ring (bicyclic) bond motifs is 1. The van der Waals surface area contributed by atoms with Crippen LogP contribution in [-0.2, 0) is 7.05 Å². The van der Waals surface area contributed by atoms with Crippen LogP contribution in [0.1, 0.15) is 45.4 Å². The van der Waals surface area contributed by atoms with Crippen LogP contribution in [0, 0.1) is 0 Å². The molecule has 2 nitrogen and oxygen atoms in total. The number of nitrogens with zero attached hydrogens (tertiary/aromatic N) is 2. The molecule has 2 aromatic rings. The van der Waals surface area contributed by atoms with E-state index in [9.17, 15) is 0 Å². The minimum atomic E-state index is 1.09. The minimum absolute atomic E-state index is 1.09. The quantitative estimate of drug-likeness (QED) is 0.751. The van der Waals surface area contributed by atoms with Gasteiger partial charge in [0.05, 0.1) is 11.0 Å². The van der Waals surface area contributed by atoms with Gasteiger partial charge in [-0.1, -0.05) is 44.9 Å². The molecule has 96 valence electrons. The summed E-state index contributed by atoms with van der Waals surface area (Å²) in [5, 5.41) is 0. The fourth-order valence-corrected chi connectivity index (χ4v) is 2.33. The molecule has 0 aliphatic heterocycles. The third-order valence-corrected chi connectivity index (χ3v) is 3.27. The van der Waals surface area contributed by atoms with E-state index in [4.69, 9.17) is 4.98 Å². The SMILES string of the molecule is CCC/C=C(\CCC)c1nc2ccccc2n1C. The predicted octanol–water partition coefficient (Wildman–Crippen LogP) is 4.56. The molecule has 2 heteroatoms. The van der Waals surface area contributed by atoms with Crippen molar-refractivity contribution in [2.24, 2.45) is 7.05 Å². The highest BCUT2D eigenvalue weighted by atomic mass is 15.1. The van der Waals surface area contributed by atoms with Crippen molar-refractivity contribution in [3.05, 3.63) is 36.2 Å². The summed E-state index contributed by atoms with van der Waals surface area (Å²) in [6.45, 7) is 4.44. The highest BCUT2D eigenvalue weighted by Crippen LogP contribution is 2.24. The number of imidazole rings is 1. The minimum Gasteiger partial charge on any atom is -0.327 e. The molecule has 0 saturated carbocycles. The maximum Gasteiger partial charge on any atom is 0.136 e. The van der Waals surface area contributed by atoms with Crippen LogP contribution in [0.5, 0.6) is 0 Å². The van der Waals surface area contributed by atoms with Crippen molar-refractivity contribution in [3.8, 4) is 0 Å². The first-order valence-corrected chi connectivity index (χ1v) is 6.88. The van der Waals surface area contributed by atoms with Gasteiger partial charge in [-0.05, 0) is 30.5 Å². The molecule has 0 amide bonds. The lowest BCUT2D eigenvalue weighted by molar-refractivity contribution is 0.874. The van der Waals surface area contributed by atoms with Gasteiger partial charge in [-0.2, -0.15) is 0 Å². The first-order valence-electron chi connectivity index (χ1n) is 6.88. The van der Waals surface area contributed by atoms with Crippen molar-refractivity contribution in [2.75, 3.05) is 0 Å². The van der Waals surface area contributed by atoms with Crippen LogP contribution in [0.2, 0.25) is 0 Å². The number of hydrogen-bond donors (Lipinski definition) is 0. The van der Waals surface area contributed by atoms with Gasteiger partial charge in [-0.3, -0.25) is 0 Å². The van der Waals surface area contributed by atoms with Crippen molar-refractivity contribution < 1.29 is 0 Å². The van der Waals surface area contributed by atoms with Crippen LogP contribution in [0.4, 0.5) is 0 Å². The molecule has 0 fully saturated rings. The lowest BCUT2D eigenvalue weighted by Crippen LogP contribution is -1.97. The van der Waals surface area contributed by atoms with Crippen molar-refractivity contribution in [1.29, 1.82) is 0 Å². The van der Waals surface area contributed by atoms with Crippen LogP contribution in [0.3, 0.4) is 0 Å². The Bertz CT molecular complexity index is 549. The van der Waals surface area contributed by atoms with Gasteiger partial charge in [-0.25, -0.2) is 4.98 Å². The molecule has 1 heterocycles. The smallest absolute Gasteiger partial charge is 0.136 e. The number of aromatic nitrogens is 2.